The van der Waals surface area contributed by atoms with Crippen LogP contribution in [0.2, 0.25) is 0 Å². The summed E-state index contributed by atoms with van der Waals surface area (Å²) in [4.78, 5) is 68.4. The number of imide groups is 1. The lowest BCUT2D eigenvalue weighted by atomic mass is 10.0. The van der Waals surface area contributed by atoms with Crippen LogP contribution in [0.25, 0.3) is 43.3 Å². The van der Waals surface area contributed by atoms with E-state index < -0.39 is 11.9 Å². The molecule has 1 unspecified atom stereocenters. The van der Waals surface area contributed by atoms with Gasteiger partial charge in [0.15, 0.2) is 0 Å². The Morgan fingerprint density at radius 2 is 1.75 bits per heavy atom. The number of rotatable bonds is 14. The molecule has 2 aliphatic rings. The molecule has 1 saturated heterocycles. The number of carbonyl (C=O) groups excluding carboxylic acids is 4. The van der Waals surface area contributed by atoms with Crippen molar-refractivity contribution in [3.8, 4) is 23.1 Å². The van der Waals surface area contributed by atoms with Crippen LogP contribution >= 0.6 is 11.3 Å². The SMILES string of the molecule is C[C@@H]1CNc2c(sc3ccc4nc(-c5cccc(C#CCCNC(=O)CCCCCCCCCc6cccc7c6n(C)c(=O)n7C6CCC(=O)NC6=O)c5)ccc4c23)C(=O)N1. The molecule has 0 radical (unpaired) electrons. The first kappa shape index (κ1) is 41.5. The number of amides is 4. The maximum absolute atomic E-state index is 13.2. The lowest BCUT2D eigenvalue weighted by Crippen LogP contribution is -2.44. The molecule has 1 fully saturated rings. The van der Waals surface area contributed by atoms with Crippen LogP contribution in [-0.2, 0) is 27.9 Å². The highest BCUT2D eigenvalue weighted by Gasteiger charge is 2.31. The van der Waals surface area contributed by atoms with E-state index >= 15 is 0 Å². The van der Waals surface area contributed by atoms with Gasteiger partial charge in [0, 0.05) is 72.0 Å². The molecule has 4 amide bonds. The molecule has 0 spiro atoms. The highest BCUT2D eigenvalue weighted by Crippen LogP contribution is 2.41. The third kappa shape index (κ3) is 9.10. The summed E-state index contributed by atoms with van der Waals surface area (Å²) < 4.78 is 4.22. The molecule has 0 bridgehead atoms. The summed E-state index contributed by atoms with van der Waals surface area (Å²) in [6, 6.07) is 21.5. The molecular weight excluding hydrogens is 787 g/mol. The molecule has 2 aliphatic heterocycles. The summed E-state index contributed by atoms with van der Waals surface area (Å²) in [6.07, 6.45) is 9.72. The minimum atomic E-state index is -0.681. The number of nitrogens with one attached hydrogen (secondary N) is 4. The second-order valence-electron chi connectivity index (χ2n) is 16.2. The van der Waals surface area contributed by atoms with Gasteiger partial charge in [-0.3, -0.25) is 33.6 Å². The van der Waals surface area contributed by atoms with E-state index in [1.165, 1.54) is 11.3 Å². The largest absolute Gasteiger partial charge is 0.381 e. The standard InChI is InChI=1S/C48H51N7O5S/c1-30-29-50-43-42-34-21-22-35(52-36(34)23-25-39(42)61-45(43)47(59)51-30)33-18-12-15-31(28-33)14-10-11-27-49-40(56)20-9-7-5-3-4-6-8-16-32-17-13-19-37-44(32)54(2)48(60)55(37)38-24-26-41(57)53-46(38)58/h12-13,15,17-19,21-23,25,28,30,38,50H,3-9,11,16,20,24,26-27,29H2,1-2H3,(H,49,56)(H,51,59)(H,53,57,58)/t30-,38?/m1/s1. The van der Waals surface area contributed by atoms with Crippen LogP contribution in [0.4, 0.5) is 5.69 Å². The van der Waals surface area contributed by atoms with Gasteiger partial charge in [0.25, 0.3) is 5.91 Å². The number of hydrogen-bond acceptors (Lipinski definition) is 8. The average Bonchev–Trinajstić information content (AvgIpc) is 3.71. The van der Waals surface area contributed by atoms with Crippen molar-refractivity contribution in [2.75, 3.05) is 18.4 Å². The lowest BCUT2D eigenvalue weighted by Gasteiger charge is -2.21. The summed E-state index contributed by atoms with van der Waals surface area (Å²) in [6.45, 7) is 3.17. The van der Waals surface area contributed by atoms with E-state index in [2.05, 4.69) is 45.2 Å². The van der Waals surface area contributed by atoms with Crippen molar-refractivity contribution in [3.05, 3.63) is 93.2 Å². The number of nitrogens with zero attached hydrogens (tertiary/aromatic N) is 3. The Morgan fingerprint density at radius 1 is 0.951 bits per heavy atom. The number of aromatic nitrogens is 3. The van der Waals surface area contributed by atoms with E-state index in [0.29, 0.717) is 37.2 Å². The van der Waals surface area contributed by atoms with Crippen molar-refractivity contribution in [2.45, 2.75) is 96.1 Å². The van der Waals surface area contributed by atoms with E-state index in [1.807, 2.05) is 61.5 Å². The van der Waals surface area contributed by atoms with Crippen molar-refractivity contribution in [3.63, 3.8) is 0 Å². The molecule has 4 N–H and O–H groups in total. The van der Waals surface area contributed by atoms with Crippen LogP contribution in [0.15, 0.2) is 71.5 Å². The summed E-state index contributed by atoms with van der Waals surface area (Å²) >= 11 is 1.51. The molecule has 0 saturated carbocycles. The quantitative estimate of drug-likeness (QED) is 0.0503. The van der Waals surface area contributed by atoms with Gasteiger partial charge in [-0.2, -0.15) is 0 Å². The number of piperidine rings is 1. The topological polar surface area (TPSA) is 156 Å². The van der Waals surface area contributed by atoms with Gasteiger partial charge in [-0.25, -0.2) is 9.78 Å². The molecule has 13 heteroatoms. The Bertz CT molecular complexity index is 2790. The van der Waals surface area contributed by atoms with Crippen LogP contribution in [0, 0.1) is 11.8 Å². The number of aryl methyl sites for hydroxylation is 2. The Kier molecular flexibility index (Phi) is 12.6. The average molecular weight is 838 g/mol. The first-order chi connectivity index (χ1) is 29.7. The molecule has 5 heterocycles. The minimum Gasteiger partial charge on any atom is -0.381 e. The number of para-hydroxylation sites is 1. The van der Waals surface area contributed by atoms with Crippen molar-refractivity contribution in [1.29, 1.82) is 0 Å². The maximum Gasteiger partial charge on any atom is 0.329 e. The van der Waals surface area contributed by atoms with Crippen molar-refractivity contribution in [1.82, 2.24) is 30.1 Å². The molecule has 314 valence electrons. The summed E-state index contributed by atoms with van der Waals surface area (Å²) in [5.41, 5.74) is 6.90. The van der Waals surface area contributed by atoms with Gasteiger partial charge in [-0.15, -0.1) is 11.3 Å². The van der Waals surface area contributed by atoms with Gasteiger partial charge >= 0.3 is 5.69 Å². The number of pyridine rings is 1. The van der Waals surface area contributed by atoms with Crippen LogP contribution < -0.4 is 27.0 Å². The summed E-state index contributed by atoms with van der Waals surface area (Å²) in [5.74, 6) is 5.75. The number of thiophene rings is 1. The Hall–Kier alpha value is -6.26. The highest BCUT2D eigenvalue weighted by molar-refractivity contribution is 7.21. The minimum absolute atomic E-state index is 0.0394. The summed E-state index contributed by atoms with van der Waals surface area (Å²) in [5, 5.41) is 14.0. The lowest BCUT2D eigenvalue weighted by molar-refractivity contribution is -0.135. The van der Waals surface area contributed by atoms with E-state index in [0.717, 1.165) is 111 Å². The predicted octanol–water partition coefficient (Wildman–Crippen LogP) is 7.51. The van der Waals surface area contributed by atoms with E-state index in [1.54, 1.807) is 16.2 Å². The van der Waals surface area contributed by atoms with Crippen LogP contribution in [0.5, 0.6) is 0 Å². The Labute approximate surface area is 358 Å². The zero-order chi connectivity index (χ0) is 42.5. The second-order valence-corrected chi connectivity index (χ2v) is 17.2. The maximum atomic E-state index is 13.2. The van der Waals surface area contributed by atoms with Gasteiger partial charge in [0.1, 0.15) is 10.9 Å². The number of carbonyl (C=O) groups is 4. The third-order valence-electron chi connectivity index (χ3n) is 11.7. The van der Waals surface area contributed by atoms with Gasteiger partial charge in [-0.1, -0.05) is 68.2 Å². The molecule has 6 aromatic rings. The van der Waals surface area contributed by atoms with Crippen LogP contribution in [-0.4, -0.2) is 56.9 Å². The molecule has 8 rings (SSSR count). The fourth-order valence-electron chi connectivity index (χ4n) is 8.60. The Morgan fingerprint density at radius 3 is 2.59 bits per heavy atom. The van der Waals surface area contributed by atoms with Crippen LogP contribution in [0.3, 0.4) is 0 Å². The van der Waals surface area contributed by atoms with Crippen molar-refractivity contribution >= 4 is 72.7 Å². The number of benzene rings is 3. The molecule has 2 atom stereocenters. The van der Waals surface area contributed by atoms with Gasteiger partial charge in [0.05, 0.1) is 27.9 Å². The normalized spacial score (nSPS) is 16.4. The predicted molar refractivity (Wildman–Crippen MR) is 242 cm³/mol. The van der Waals surface area contributed by atoms with Crippen molar-refractivity contribution < 1.29 is 19.2 Å². The fraction of sp³-hybridized carbons (Fsp3) is 0.375. The van der Waals surface area contributed by atoms with Gasteiger partial charge in [0.2, 0.25) is 17.7 Å². The zero-order valence-electron chi connectivity index (χ0n) is 34.7. The molecular formula is C48H51N7O5S. The first-order valence-electron chi connectivity index (χ1n) is 21.5. The smallest absolute Gasteiger partial charge is 0.329 e. The second kappa shape index (κ2) is 18.6. The monoisotopic (exact) mass is 837 g/mol. The Balaban J connectivity index is 0.736. The number of imidazole rings is 1. The van der Waals surface area contributed by atoms with E-state index in [9.17, 15) is 24.0 Å². The first-order valence-corrected chi connectivity index (χ1v) is 22.3. The number of unbranched alkanes of at least 4 members (excludes halogenated alkanes) is 6. The van der Waals surface area contributed by atoms with E-state index in [4.69, 9.17) is 4.98 Å². The molecule has 0 aliphatic carbocycles. The van der Waals surface area contributed by atoms with Crippen LogP contribution in [0.1, 0.15) is 104 Å². The molecule has 12 nitrogen and oxygen atoms in total. The molecule has 61 heavy (non-hydrogen) atoms. The van der Waals surface area contributed by atoms with Gasteiger partial charge < -0.3 is 16.0 Å². The van der Waals surface area contributed by atoms with Crippen molar-refractivity contribution in [2.24, 2.45) is 7.05 Å². The zero-order valence-corrected chi connectivity index (χ0v) is 35.5. The summed E-state index contributed by atoms with van der Waals surface area (Å²) in [7, 11) is 1.74. The highest BCUT2D eigenvalue weighted by atomic mass is 32.1. The molecule has 3 aromatic carbocycles. The fourth-order valence-corrected chi connectivity index (χ4v) is 9.69. The third-order valence-corrected chi connectivity index (χ3v) is 12.9. The van der Waals surface area contributed by atoms with E-state index in [-0.39, 0.29) is 35.9 Å². The van der Waals surface area contributed by atoms with Gasteiger partial charge in [-0.05, 0) is 80.6 Å². The number of fused-ring (bicyclic) bond motifs is 6. The number of hydrogen-bond donors (Lipinski definition) is 4. The number of anilines is 1. The molecule has 3 aromatic heterocycles.